The van der Waals surface area contributed by atoms with Gasteiger partial charge < -0.3 is 38.7 Å². The fraction of sp³-hybridized carbons (Fsp3) is 0.833. The van der Waals surface area contributed by atoms with Crippen LogP contribution in [0.4, 0.5) is 0 Å². The number of cyclic esters (lactones) is 1. The van der Waals surface area contributed by atoms with Gasteiger partial charge in [0.25, 0.3) is 0 Å². The molecule has 250 valence electrons. The Morgan fingerprint density at radius 3 is 2.58 bits per heavy atom. The van der Waals surface area contributed by atoms with Gasteiger partial charge >= 0.3 is 5.97 Å². The molecular weight excluding hydrogens is 576 g/mol. The summed E-state index contributed by atoms with van der Waals surface area (Å²) in [5.41, 5.74) is -2.47. The van der Waals surface area contributed by atoms with Gasteiger partial charge in [0.15, 0.2) is 12.1 Å². The van der Waals surface area contributed by atoms with Crippen molar-refractivity contribution >= 4 is 12.3 Å². The topological polar surface area (TPSA) is 121 Å². The van der Waals surface area contributed by atoms with E-state index in [-0.39, 0.29) is 48.1 Å². The zero-order valence-corrected chi connectivity index (χ0v) is 27.4. The molecule has 9 nitrogen and oxygen atoms in total. The summed E-state index contributed by atoms with van der Waals surface area (Å²) >= 11 is 0. The molecule has 3 aliphatic heterocycles. The summed E-state index contributed by atoms with van der Waals surface area (Å²) in [6.45, 7) is 8.49. The van der Waals surface area contributed by atoms with Crippen LogP contribution < -0.4 is 0 Å². The van der Waals surface area contributed by atoms with Crippen LogP contribution in [0.1, 0.15) is 105 Å². The van der Waals surface area contributed by atoms with E-state index in [1.54, 1.807) is 6.08 Å². The highest BCUT2D eigenvalue weighted by atomic mass is 16.8. The first-order valence-corrected chi connectivity index (χ1v) is 17.5. The SMILES string of the molecule is C/C=C/CCC1(C)OC2C[C@H](O[C@H]3CC[C@]4(C=O)C5CC[C@]6(C)[C@@H](C7=CC(=O)OC7)CC[C@]6(O)C5CC[C@]4(O)C3)OC(C)[C@H]2O1. The van der Waals surface area contributed by atoms with Crippen molar-refractivity contribution in [3.8, 4) is 0 Å². The number of carbonyl (C=O) groups excluding carboxylic acids is 2. The number of aldehydes is 1. The van der Waals surface area contributed by atoms with Crippen molar-refractivity contribution in [2.24, 2.45) is 28.6 Å². The Balaban J connectivity index is 1.04. The Kier molecular flexibility index (Phi) is 7.98. The lowest BCUT2D eigenvalue weighted by Crippen LogP contribution is -2.69. The van der Waals surface area contributed by atoms with Crippen molar-refractivity contribution in [3.63, 3.8) is 0 Å². The first kappa shape index (κ1) is 32.0. The maximum absolute atomic E-state index is 13.2. The van der Waals surface area contributed by atoms with Crippen LogP contribution in [0.25, 0.3) is 0 Å². The molecule has 45 heavy (non-hydrogen) atoms. The molecule has 7 aliphatic rings. The number of ether oxygens (including phenoxy) is 5. The third-order valence-corrected chi connectivity index (χ3v) is 13.6. The molecule has 13 atom stereocenters. The molecule has 0 aromatic carbocycles. The second kappa shape index (κ2) is 11.2. The molecule has 2 N–H and O–H groups in total. The first-order valence-electron chi connectivity index (χ1n) is 17.5. The Morgan fingerprint density at radius 2 is 1.84 bits per heavy atom. The molecule has 0 aromatic rings. The maximum Gasteiger partial charge on any atom is 0.331 e. The second-order valence-corrected chi connectivity index (χ2v) is 15.7. The monoisotopic (exact) mass is 628 g/mol. The van der Waals surface area contributed by atoms with E-state index in [4.69, 9.17) is 23.7 Å². The number of aliphatic hydroxyl groups is 2. The zero-order valence-electron chi connectivity index (χ0n) is 27.4. The summed E-state index contributed by atoms with van der Waals surface area (Å²) < 4.78 is 30.9. The highest BCUT2D eigenvalue weighted by molar-refractivity contribution is 5.85. The second-order valence-electron chi connectivity index (χ2n) is 15.7. The number of hydrogen-bond acceptors (Lipinski definition) is 9. The standard InChI is InChI=1S/C36H52O9/c1-5-6-7-12-33(4)44-28-18-30(42-22(2)31(28)45-33)43-24-8-14-34(21-37)26-9-13-32(3)25(23-17-29(38)41-20-23)11-16-36(32,40)27(26)10-15-35(34,39)19-24/h5-6,17,21-22,24-28,30-31,39-40H,7-16,18-20H2,1-4H3/b6-5+/t22?,24-,25+,26?,27?,28?,30-,31+,32+,33?,34-,35-,36-/m0/s1. The van der Waals surface area contributed by atoms with Gasteiger partial charge in [-0.2, -0.15) is 0 Å². The average molecular weight is 629 g/mol. The molecule has 2 saturated heterocycles. The lowest BCUT2D eigenvalue weighted by Gasteiger charge is -2.65. The van der Waals surface area contributed by atoms with Gasteiger partial charge in [0.2, 0.25) is 0 Å². The van der Waals surface area contributed by atoms with Crippen LogP contribution in [0, 0.1) is 28.6 Å². The van der Waals surface area contributed by atoms with Gasteiger partial charge in [-0.15, -0.1) is 0 Å². The molecule has 4 aliphatic carbocycles. The zero-order chi connectivity index (χ0) is 31.8. The first-order chi connectivity index (χ1) is 21.4. The third-order valence-electron chi connectivity index (χ3n) is 13.6. The maximum atomic E-state index is 13.2. The average Bonchev–Trinajstić information content (AvgIpc) is 3.65. The minimum absolute atomic E-state index is 0.0797. The fourth-order valence-corrected chi connectivity index (χ4v) is 11.3. The van der Waals surface area contributed by atoms with Crippen LogP contribution in [0.2, 0.25) is 0 Å². The third kappa shape index (κ3) is 4.85. The molecule has 0 bridgehead atoms. The van der Waals surface area contributed by atoms with E-state index in [1.165, 1.54) is 0 Å². The largest absolute Gasteiger partial charge is 0.458 e. The highest BCUT2D eigenvalue weighted by Gasteiger charge is 2.71. The number of fused-ring (bicyclic) bond motifs is 6. The molecule has 6 fully saturated rings. The summed E-state index contributed by atoms with van der Waals surface area (Å²) in [4.78, 5) is 25.1. The molecular formula is C36H52O9. The van der Waals surface area contributed by atoms with E-state index in [0.29, 0.717) is 51.6 Å². The van der Waals surface area contributed by atoms with Crippen molar-refractivity contribution in [2.75, 3.05) is 6.61 Å². The molecule has 3 heterocycles. The summed E-state index contributed by atoms with van der Waals surface area (Å²) in [5.74, 6) is -1.04. The number of allylic oxidation sites excluding steroid dienone is 2. The van der Waals surface area contributed by atoms with Crippen molar-refractivity contribution in [2.45, 2.75) is 152 Å². The van der Waals surface area contributed by atoms with Crippen molar-refractivity contribution < 1.29 is 43.5 Å². The predicted molar refractivity (Wildman–Crippen MR) is 164 cm³/mol. The Hall–Kier alpha value is -1.62. The van der Waals surface area contributed by atoms with Crippen LogP contribution in [0.5, 0.6) is 0 Å². The minimum atomic E-state index is -1.20. The Labute approximate surface area is 267 Å². The summed E-state index contributed by atoms with van der Waals surface area (Å²) in [7, 11) is 0. The molecule has 7 rings (SSSR count). The van der Waals surface area contributed by atoms with Crippen LogP contribution in [0.15, 0.2) is 23.8 Å². The number of esters is 1. The van der Waals surface area contributed by atoms with Gasteiger partial charge in [-0.25, -0.2) is 4.79 Å². The summed E-state index contributed by atoms with van der Waals surface area (Å²) in [6, 6.07) is 0. The van der Waals surface area contributed by atoms with E-state index in [1.807, 2.05) is 26.8 Å². The number of rotatable bonds is 7. The summed E-state index contributed by atoms with van der Waals surface area (Å²) in [5, 5.41) is 24.8. The van der Waals surface area contributed by atoms with Gasteiger partial charge in [0.1, 0.15) is 19.0 Å². The van der Waals surface area contributed by atoms with Gasteiger partial charge in [-0.1, -0.05) is 19.1 Å². The number of hydrogen-bond donors (Lipinski definition) is 2. The van der Waals surface area contributed by atoms with Crippen LogP contribution in [0.3, 0.4) is 0 Å². The molecule has 0 spiro atoms. The highest BCUT2D eigenvalue weighted by Crippen LogP contribution is 2.70. The van der Waals surface area contributed by atoms with Crippen molar-refractivity contribution in [3.05, 3.63) is 23.8 Å². The Morgan fingerprint density at radius 1 is 1.04 bits per heavy atom. The van der Waals surface area contributed by atoms with E-state index in [0.717, 1.165) is 44.0 Å². The van der Waals surface area contributed by atoms with Gasteiger partial charge in [-0.05, 0) is 102 Å². The smallest absolute Gasteiger partial charge is 0.331 e. The van der Waals surface area contributed by atoms with E-state index < -0.39 is 34.1 Å². The van der Waals surface area contributed by atoms with Crippen LogP contribution >= 0.6 is 0 Å². The quantitative estimate of drug-likeness (QED) is 0.175. The van der Waals surface area contributed by atoms with E-state index in [2.05, 4.69) is 13.0 Å². The Bertz CT molecular complexity index is 1250. The molecule has 0 amide bonds. The van der Waals surface area contributed by atoms with Gasteiger partial charge in [0.05, 0.1) is 34.9 Å². The van der Waals surface area contributed by atoms with Crippen LogP contribution in [-0.4, -0.2) is 76.8 Å². The summed E-state index contributed by atoms with van der Waals surface area (Å²) in [6.07, 6.45) is 13.5. The molecule has 9 heteroatoms. The van der Waals surface area contributed by atoms with Crippen LogP contribution in [-0.2, 0) is 33.3 Å². The minimum Gasteiger partial charge on any atom is -0.458 e. The lowest BCUT2D eigenvalue weighted by molar-refractivity contribution is -0.278. The normalized spacial score (nSPS) is 52.5. The predicted octanol–water partition coefficient (Wildman–Crippen LogP) is 4.91. The molecule has 5 unspecified atom stereocenters. The molecule has 0 radical (unpaired) electrons. The fourth-order valence-electron chi connectivity index (χ4n) is 11.3. The van der Waals surface area contributed by atoms with Gasteiger partial charge in [-0.3, -0.25) is 0 Å². The number of carbonyl (C=O) groups is 2. The van der Waals surface area contributed by atoms with Crippen molar-refractivity contribution in [1.82, 2.24) is 0 Å². The van der Waals surface area contributed by atoms with E-state index in [9.17, 15) is 19.8 Å². The van der Waals surface area contributed by atoms with Crippen molar-refractivity contribution in [1.29, 1.82) is 0 Å². The van der Waals surface area contributed by atoms with E-state index >= 15 is 0 Å². The molecule has 0 aromatic heterocycles. The molecule has 4 saturated carbocycles. The lowest BCUT2D eigenvalue weighted by atomic mass is 9.41. The van der Waals surface area contributed by atoms with Gasteiger partial charge in [0, 0.05) is 30.8 Å².